The fourth-order valence-electron chi connectivity index (χ4n) is 13.3. The number of hydrogen-bond acceptors (Lipinski definition) is 11. The van der Waals surface area contributed by atoms with E-state index in [0.717, 1.165) is 131 Å². The molecule has 4 saturated carbocycles. The van der Waals surface area contributed by atoms with Gasteiger partial charge in [0.1, 0.15) is 66.4 Å². The van der Waals surface area contributed by atoms with Crippen molar-refractivity contribution in [2.75, 3.05) is 35.0 Å². The van der Waals surface area contributed by atoms with E-state index in [1.54, 1.807) is 45.0 Å². The van der Waals surface area contributed by atoms with Crippen LogP contribution in [-0.4, -0.2) is 39.5 Å². The molecule has 9 aromatic rings. The Morgan fingerprint density at radius 3 is 1.33 bits per heavy atom. The van der Waals surface area contributed by atoms with Gasteiger partial charge in [-0.3, -0.25) is 23.7 Å². The average Bonchev–Trinajstić information content (AvgIpc) is 1.65. The fraction of sp³-hybridized carbons (Fsp3) is 0.337. The summed E-state index contributed by atoms with van der Waals surface area (Å²) in [6.07, 6.45) is 25.3. The Bertz CT molecular complexity index is 4470. The largest absolute Gasteiger partial charge is 1.00 e. The third-order valence-corrected chi connectivity index (χ3v) is 18.9. The third-order valence-electron chi connectivity index (χ3n) is 18.9. The molecule has 4 fully saturated rings. The molecule has 6 N–H and O–H groups in total. The van der Waals surface area contributed by atoms with Crippen molar-refractivity contribution in [2.24, 2.45) is 17.8 Å². The van der Waals surface area contributed by atoms with Crippen LogP contribution in [0.1, 0.15) is 163 Å². The normalized spacial score (nSPS) is 14.1. The number of nitrogens with one attached hydrogen (secondary N) is 1. The minimum atomic E-state index is -0.750. The molecule has 7 aromatic carbocycles. The van der Waals surface area contributed by atoms with Gasteiger partial charge in [0, 0.05) is 28.7 Å². The van der Waals surface area contributed by atoms with E-state index >= 15 is 0 Å². The van der Waals surface area contributed by atoms with E-state index in [2.05, 4.69) is 35.7 Å². The molecule has 2 aromatic heterocycles. The maximum Gasteiger partial charge on any atom is 1.00 e. The molecule has 18 nitrogen and oxygen atoms in total. The Kier molecular flexibility index (Phi) is 35.4. The number of nitrogens with two attached hydrogens (primary N) is 2. The number of phenolic OH excluding ortho intramolecular Hbond substituents is 1. The Morgan fingerprint density at radius 2 is 0.963 bits per heavy atom. The van der Waals surface area contributed by atoms with E-state index in [9.17, 15) is 15.0 Å². The van der Waals surface area contributed by atoms with Gasteiger partial charge in [-0.05, 0) is 176 Å². The summed E-state index contributed by atoms with van der Waals surface area (Å²) in [5.74, 6) is 4.95. The van der Waals surface area contributed by atoms with Crippen LogP contribution in [0.25, 0.3) is 35.6 Å². The predicted molar refractivity (Wildman–Crippen MR) is 425 cm³/mol. The number of aldehydes is 1. The molecular formula is C89H97KN12O6. The third kappa shape index (κ3) is 27.0. The number of carbonyl (C=O) groups is 1. The van der Waals surface area contributed by atoms with Gasteiger partial charge >= 0.3 is 51.4 Å². The van der Waals surface area contributed by atoms with Gasteiger partial charge in [0.05, 0.1) is 36.4 Å². The van der Waals surface area contributed by atoms with Gasteiger partial charge in [-0.15, -0.1) is 5.60 Å². The predicted octanol–water partition coefficient (Wildman–Crippen LogP) is 17.9. The molecule has 0 radical (unpaired) electrons. The Labute approximate surface area is 681 Å². The SMILES string of the molecule is CC(C)(C)[O-].N#CC(C=O)C1CCCC1.[C-]#[N+]CN(/C=C(\[N+]#[C-])C1CCCC1)c1ccc(OCc2ccccc2)cc1.[C-]#[N+]CNc1ccc(OCc2ccccc2)cc1.[C-]#[N+]c1c(N)c(C2CCCC2)cn1-c1ccc(O)cc1.[C-]#[N+]c1c(N)c(C2CCCC2)cn1-c1ccc(OCc2ccccc2)cc1.[K+]. The Hall–Kier alpha value is -10.6. The second kappa shape index (κ2) is 45.2. The molecule has 4 aliphatic rings. The van der Waals surface area contributed by atoms with E-state index in [4.69, 9.17) is 63.8 Å². The summed E-state index contributed by atoms with van der Waals surface area (Å²) in [6.45, 7) is 43.4. The summed E-state index contributed by atoms with van der Waals surface area (Å²) < 4.78 is 21.1. The number of allylic oxidation sites excluding steroid dienone is 1. The number of nitrogens with zero attached hydrogens (tertiary/aromatic N) is 9. The minimum absolute atomic E-state index is 0. The molecule has 0 saturated heterocycles. The molecule has 550 valence electrons. The van der Waals surface area contributed by atoms with Crippen LogP contribution in [0.4, 0.5) is 34.4 Å². The van der Waals surface area contributed by atoms with Crippen molar-refractivity contribution in [1.82, 2.24) is 9.13 Å². The van der Waals surface area contributed by atoms with E-state index < -0.39 is 5.60 Å². The zero-order valence-electron chi connectivity index (χ0n) is 62.6. The van der Waals surface area contributed by atoms with Crippen molar-refractivity contribution in [2.45, 2.75) is 161 Å². The fourth-order valence-corrected chi connectivity index (χ4v) is 13.3. The molecule has 108 heavy (non-hydrogen) atoms. The molecule has 0 aliphatic heterocycles. The van der Waals surface area contributed by atoms with Crippen molar-refractivity contribution in [3.63, 3.8) is 0 Å². The number of nitrogen functional groups attached to an aromatic ring is 2. The van der Waals surface area contributed by atoms with E-state index in [1.165, 1.54) is 51.4 Å². The number of phenols is 1. The van der Waals surface area contributed by atoms with Crippen LogP contribution in [0.2, 0.25) is 0 Å². The van der Waals surface area contributed by atoms with E-state index in [0.29, 0.717) is 73.2 Å². The van der Waals surface area contributed by atoms with Crippen molar-refractivity contribution in [3.8, 4) is 40.4 Å². The zero-order valence-corrected chi connectivity index (χ0v) is 65.7. The molecule has 19 heteroatoms. The van der Waals surface area contributed by atoms with E-state index in [-0.39, 0.29) is 69.7 Å². The summed E-state index contributed by atoms with van der Waals surface area (Å²) in [7, 11) is 0. The van der Waals surface area contributed by atoms with Gasteiger partial charge in [-0.2, -0.15) is 5.26 Å². The van der Waals surface area contributed by atoms with Gasteiger partial charge in [-0.1, -0.05) is 189 Å². The maximum absolute atomic E-state index is 10.3. The molecule has 0 spiro atoms. The van der Waals surface area contributed by atoms with Gasteiger partial charge in [0.15, 0.2) is 5.70 Å². The molecule has 13 rings (SSSR count). The zero-order chi connectivity index (χ0) is 76.2. The number of ether oxygens (including phenoxy) is 3. The number of aromatic nitrogens is 2. The van der Waals surface area contributed by atoms with Gasteiger partial charge in [0.25, 0.3) is 25.0 Å². The smallest absolute Gasteiger partial charge is 0.850 e. The van der Waals surface area contributed by atoms with Crippen molar-refractivity contribution in [1.29, 1.82) is 5.26 Å². The number of rotatable bonds is 21. The van der Waals surface area contributed by atoms with Crippen molar-refractivity contribution >= 4 is 40.7 Å². The molecule has 1 unspecified atom stereocenters. The summed E-state index contributed by atoms with van der Waals surface area (Å²) >= 11 is 0. The van der Waals surface area contributed by atoms with Crippen LogP contribution in [0, 0.1) is 61.9 Å². The second-order valence-electron chi connectivity index (χ2n) is 27.8. The van der Waals surface area contributed by atoms with Crippen LogP contribution >= 0.6 is 0 Å². The van der Waals surface area contributed by atoms with Crippen LogP contribution < -0.4 is 92.4 Å². The number of anilines is 4. The van der Waals surface area contributed by atoms with Crippen LogP contribution in [0.5, 0.6) is 23.0 Å². The van der Waals surface area contributed by atoms with Crippen LogP contribution in [-0.2, 0) is 24.6 Å². The van der Waals surface area contributed by atoms with Crippen LogP contribution in [0.15, 0.2) is 212 Å². The van der Waals surface area contributed by atoms with Gasteiger partial charge in [0.2, 0.25) is 0 Å². The molecule has 1 atom stereocenters. The molecule has 2 heterocycles. The number of nitriles is 1. The van der Waals surface area contributed by atoms with Gasteiger partial charge < -0.3 is 55.7 Å². The number of carbonyl (C=O) groups excluding carboxylic acids is 1. The number of hydrogen-bond donors (Lipinski definition) is 4. The second-order valence-corrected chi connectivity index (χ2v) is 27.8. The number of benzene rings is 7. The number of aromatic hydroxyl groups is 1. The Morgan fingerprint density at radius 1 is 0.583 bits per heavy atom. The monoisotopic (exact) mass is 1470 g/mol. The first-order chi connectivity index (χ1) is 52.0. The standard InChI is InChI=1S/2C23H23N3O.C16H17N3O.C15H14N2O.C8H11NO.C4H9O.K/c1-25-23-22(24)21(18-9-5-6-10-18)15-26(23)19-11-13-20(14-12-19)27-16-17-7-3-2-4-8-17;1-24-18-26(16-23(25-2)20-10-6-7-11-20)21-12-14-22(15-13-21)27-17-19-8-4-3-5-9-19;1-18-16-15(17)14(11-4-2-3-5-11)10-19(16)12-6-8-13(20)9-7-12;1-16-12-17-14-7-9-15(10-8-14)18-11-13-5-3-2-4-6-13;9-5-8(6-10)7-3-1-2-4-7;1-4(2,3)5;/h2-4,7-8,11-15,18H,5-6,9-10,16,24H2;3-5,8-9,12-16,20H,6-7,10-11,17-18H2;6-11,20H,2-5,17H2;2-10,17H,11-12H2;6-8H,1-4H2;1-3H3;/q;;;;;-1;+1/b;23-16-;;;;;. The molecule has 0 amide bonds. The molecule has 4 aliphatic carbocycles. The first kappa shape index (κ1) is 84.7. The quantitative estimate of drug-likeness (QED) is 0.0302. The maximum atomic E-state index is 10.3. The van der Waals surface area contributed by atoms with E-state index in [1.807, 2.05) is 196 Å². The minimum Gasteiger partial charge on any atom is -0.850 e. The topological polar surface area (TPSA) is 211 Å². The summed E-state index contributed by atoms with van der Waals surface area (Å²) in [5, 5.41) is 31.0. The molecule has 0 bridgehead atoms. The average molecular weight is 1470 g/mol. The van der Waals surface area contributed by atoms with Gasteiger partial charge in [-0.25, -0.2) is 18.0 Å². The van der Waals surface area contributed by atoms with Crippen LogP contribution in [0.3, 0.4) is 0 Å². The first-order valence-corrected chi connectivity index (χ1v) is 36.7. The summed E-state index contributed by atoms with van der Waals surface area (Å²) in [4.78, 5) is 29.9. The van der Waals surface area contributed by atoms with Crippen molar-refractivity contribution < 1.29 is 80.6 Å². The Balaban J connectivity index is 0.000000190. The van der Waals surface area contributed by atoms with Crippen molar-refractivity contribution in [3.05, 3.63) is 297 Å². The first-order valence-electron chi connectivity index (χ1n) is 36.7. The summed E-state index contributed by atoms with van der Waals surface area (Å²) in [6, 6.07) is 62.2. The summed E-state index contributed by atoms with van der Waals surface area (Å²) in [5.41, 5.74) is 23.0. The molecular weight excluding hydrogens is 1370 g/mol.